The third-order valence-electron chi connectivity index (χ3n) is 4.02. The molecule has 0 bridgehead atoms. The minimum absolute atomic E-state index is 0.0765. The number of aliphatic hydroxyl groups is 1. The number of alkyl halides is 3. The lowest BCUT2D eigenvalue weighted by Gasteiger charge is -2.24. The van der Waals surface area contributed by atoms with Crippen LogP contribution in [0.4, 0.5) is 29.3 Å². The number of hydrogen-bond acceptors (Lipinski definition) is 3. The minimum Gasteiger partial charge on any atom is -0.391 e. The lowest BCUT2D eigenvalue weighted by molar-refractivity contribution is -0.137. The zero-order valence-electron chi connectivity index (χ0n) is 13.9. The van der Waals surface area contributed by atoms with Crippen LogP contribution in [0.1, 0.15) is 18.4 Å². The molecule has 0 spiro atoms. The fraction of sp³-hybridized carbons (Fsp3) is 0.562. The smallest absolute Gasteiger partial charge is 0.391 e. The monoisotopic (exact) mass is 345 g/mol. The standard InChI is InChI=1S/C16H22F3N3O2/c1-21(2)13-7-6-11(16(17,18)19)8-12(13)20-15(24)22(3)9-14(23)10-4-5-10/h6-8,10,14,23H,4-5,9H2,1-3H3,(H,20,24). The highest BCUT2D eigenvalue weighted by atomic mass is 19.4. The fourth-order valence-corrected chi connectivity index (χ4v) is 2.41. The average molecular weight is 345 g/mol. The number of carbonyl (C=O) groups excluding carboxylic acids is 1. The highest BCUT2D eigenvalue weighted by Crippen LogP contribution is 2.35. The van der Waals surface area contributed by atoms with Crippen LogP contribution in [0.25, 0.3) is 0 Å². The summed E-state index contributed by atoms with van der Waals surface area (Å²) in [5.74, 6) is 0.214. The zero-order chi connectivity index (χ0) is 18.1. The summed E-state index contributed by atoms with van der Waals surface area (Å²) in [4.78, 5) is 15.1. The number of urea groups is 1. The van der Waals surface area contributed by atoms with E-state index >= 15 is 0 Å². The Bertz CT molecular complexity index is 601. The average Bonchev–Trinajstić information content (AvgIpc) is 3.30. The summed E-state index contributed by atoms with van der Waals surface area (Å²) < 4.78 is 38.7. The molecule has 1 aliphatic rings. The Hall–Kier alpha value is -1.96. The van der Waals surface area contributed by atoms with Gasteiger partial charge in [-0.1, -0.05) is 0 Å². The maximum atomic E-state index is 12.9. The molecule has 1 fully saturated rings. The van der Waals surface area contributed by atoms with Gasteiger partial charge in [0.25, 0.3) is 0 Å². The lowest BCUT2D eigenvalue weighted by Crippen LogP contribution is -2.38. The van der Waals surface area contributed by atoms with Crippen molar-refractivity contribution < 1.29 is 23.1 Å². The largest absolute Gasteiger partial charge is 0.416 e. The predicted octanol–water partition coefficient (Wildman–Crippen LogP) is 3.01. The van der Waals surface area contributed by atoms with Crippen molar-refractivity contribution in [3.63, 3.8) is 0 Å². The van der Waals surface area contributed by atoms with Gasteiger partial charge >= 0.3 is 12.2 Å². The number of rotatable bonds is 5. The van der Waals surface area contributed by atoms with Gasteiger partial charge in [0.1, 0.15) is 0 Å². The highest BCUT2D eigenvalue weighted by molar-refractivity contribution is 5.93. The van der Waals surface area contributed by atoms with E-state index in [0.29, 0.717) is 5.69 Å². The molecule has 0 aliphatic heterocycles. The minimum atomic E-state index is -4.49. The number of aliphatic hydroxyl groups excluding tert-OH is 1. The predicted molar refractivity (Wildman–Crippen MR) is 86.2 cm³/mol. The third-order valence-corrected chi connectivity index (χ3v) is 4.02. The zero-order valence-corrected chi connectivity index (χ0v) is 13.9. The van der Waals surface area contributed by atoms with E-state index in [2.05, 4.69) is 5.32 Å². The summed E-state index contributed by atoms with van der Waals surface area (Å²) in [5.41, 5.74) is -0.288. The number of halogens is 3. The molecule has 1 unspecified atom stereocenters. The quantitative estimate of drug-likeness (QED) is 0.863. The van der Waals surface area contributed by atoms with E-state index in [1.54, 1.807) is 19.0 Å². The molecular weight excluding hydrogens is 323 g/mol. The molecule has 2 rings (SSSR count). The molecule has 0 heterocycles. The van der Waals surface area contributed by atoms with Gasteiger partial charge in [-0.25, -0.2) is 4.79 Å². The molecule has 0 radical (unpaired) electrons. The molecule has 1 aliphatic carbocycles. The first-order valence-corrected chi connectivity index (χ1v) is 7.68. The van der Waals surface area contributed by atoms with E-state index < -0.39 is 23.9 Å². The van der Waals surface area contributed by atoms with E-state index in [-0.39, 0.29) is 18.2 Å². The van der Waals surface area contributed by atoms with Crippen molar-refractivity contribution >= 4 is 17.4 Å². The number of amides is 2. The maximum absolute atomic E-state index is 12.9. The molecule has 1 saturated carbocycles. The molecule has 1 aromatic carbocycles. The maximum Gasteiger partial charge on any atom is 0.416 e. The van der Waals surface area contributed by atoms with Crippen molar-refractivity contribution in [2.45, 2.75) is 25.1 Å². The summed E-state index contributed by atoms with van der Waals surface area (Å²) in [6, 6.07) is 2.65. The Balaban J connectivity index is 2.14. The lowest BCUT2D eigenvalue weighted by atomic mass is 10.1. The van der Waals surface area contributed by atoms with Crippen molar-refractivity contribution in [1.29, 1.82) is 0 Å². The molecule has 134 valence electrons. The van der Waals surface area contributed by atoms with Crippen LogP contribution in [0, 0.1) is 5.92 Å². The Morgan fingerprint density at radius 1 is 1.33 bits per heavy atom. The van der Waals surface area contributed by atoms with Crippen LogP contribution in [-0.2, 0) is 6.18 Å². The van der Waals surface area contributed by atoms with Crippen molar-refractivity contribution in [3.8, 4) is 0 Å². The van der Waals surface area contributed by atoms with Crippen LogP contribution in [0.5, 0.6) is 0 Å². The molecule has 2 N–H and O–H groups in total. The van der Waals surface area contributed by atoms with Gasteiger partial charge in [0.2, 0.25) is 0 Å². The number of nitrogens with zero attached hydrogens (tertiary/aromatic N) is 2. The van der Waals surface area contributed by atoms with Crippen LogP contribution in [-0.4, -0.2) is 49.8 Å². The van der Waals surface area contributed by atoms with Gasteiger partial charge in [-0.05, 0) is 37.0 Å². The Labute approximate surface area is 139 Å². The van der Waals surface area contributed by atoms with Crippen LogP contribution < -0.4 is 10.2 Å². The fourth-order valence-electron chi connectivity index (χ4n) is 2.41. The van der Waals surface area contributed by atoms with E-state index in [0.717, 1.165) is 25.0 Å². The summed E-state index contributed by atoms with van der Waals surface area (Å²) in [5, 5.41) is 12.4. The first-order chi connectivity index (χ1) is 11.1. The van der Waals surface area contributed by atoms with Crippen LogP contribution in [0.3, 0.4) is 0 Å². The third kappa shape index (κ3) is 4.53. The van der Waals surface area contributed by atoms with Crippen molar-refractivity contribution in [2.75, 3.05) is 37.9 Å². The van der Waals surface area contributed by atoms with Gasteiger partial charge in [0, 0.05) is 27.7 Å². The van der Waals surface area contributed by atoms with Gasteiger partial charge in [0.15, 0.2) is 0 Å². The van der Waals surface area contributed by atoms with Crippen LogP contribution in [0.2, 0.25) is 0 Å². The normalized spacial score (nSPS) is 15.8. The van der Waals surface area contributed by atoms with Gasteiger partial charge in [-0.2, -0.15) is 13.2 Å². The van der Waals surface area contributed by atoms with E-state index in [4.69, 9.17) is 0 Å². The molecule has 24 heavy (non-hydrogen) atoms. The van der Waals surface area contributed by atoms with Crippen molar-refractivity contribution in [3.05, 3.63) is 23.8 Å². The van der Waals surface area contributed by atoms with Crippen LogP contribution >= 0.6 is 0 Å². The molecule has 5 nitrogen and oxygen atoms in total. The van der Waals surface area contributed by atoms with Gasteiger partial charge in [-0.15, -0.1) is 0 Å². The molecule has 8 heteroatoms. The first kappa shape index (κ1) is 18.4. The summed E-state index contributed by atoms with van der Waals surface area (Å²) >= 11 is 0. The number of likely N-dealkylation sites (N-methyl/N-ethyl adjacent to an activating group) is 1. The van der Waals surface area contributed by atoms with E-state index in [1.807, 2.05) is 0 Å². The topological polar surface area (TPSA) is 55.8 Å². The van der Waals surface area contributed by atoms with Gasteiger partial charge in [-0.3, -0.25) is 0 Å². The Morgan fingerprint density at radius 3 is 2.46 bits per heavy atom. The van der Waals surface area contributed by atoms with Gasteiger partial charge < -0.3 is 20.2 Å². The molecule has 0 saturated heterocycles. The molecule has 0 aromatic heterocycles. The SMILES string of the molecule is CN(CC(O)C1CC1)C(=O)Nc1cc(C(F)(F)F)ccc1N(C)C. The Kier molecular flexibility index (Phi) is 5.27. The summed E-state index contributed by atoms with van der Waals surface area (Å²) in [7, 11) is 4.86. The number of carbonyl (C=O) groups is 1. The second-order valence-electron chi connectivity index (χ2n) is 6.34. The first-order valence-electron chi connectivity index (χ1n) is 7.68. The second kappa shape index (κ2) is 6.88. The number of nitrogens with one attached hydrogen (secondary N) is 1. The van der Waals surface area contributed by atoms with E-state index in [1.165, 1.54) is 18.0 Å². The van der Waals surface area contributed by atoms with Crippen molar-refractivity contribution in [2.24, 2.45) is 5.92 Å². The Morgan fingerprint density at radius 2 is 1.96 bits per heavy atom. The summed E-state index contributed by atoms with van der Waals surface area (Å²) in [6.07, 6.45) is -3.21. The molecule has 2 amide bonds. The number of hydrogen-bond donors (Lipinski definition) is 2. The molecular formula is C16H22F3N3O2. The van der Waals surface area contributed by atoms with Gasteiger partial charge in [0.05, 0.1) is 23.0 Å². The second-order valence-corrected chi connectivity index (χ2v) is 6.34. The van der Waals surface area contributed by atoms with Crippen LogP contribution in [0.15, 0.2) is 18.2 Å². The number of anilines is 2. The highest BCUT2D eigenvalue weighted by Gasteiger charge is 2.33. The molecule has 1 aromatic rings. The van der Waals surface area contributed by atoms with Crippen molar-refractivity contribution in [1.82, 2.24) is 4.90 Å². The van der Waals surface area contributed by atoms with E-state index in [9.17, 15) is 23.1 Å². The number of benzene rings is 1. The summed E-state index contributed by atoms with van der Waals surface area (Å²) in [6.45, 7) is 0.146. The molecule has 1 atom stereocenters.